The highest BCUT2D eigenvalue weighted by molar-refractivity contribution is 7.89. The second kappa shape index (κ2) is 4.83. The normalized spacial score (nSPS) is 26.7. The van der Waals surface area contributed by atoms with Crippen molar-refractivity contribution in [2.75, 3.05) is 12.3 Å². The van der Waals surface area contributed by atoms with Gasteiger partial charge in [-0.1, -0.05) is 20.3 Å². The minimum Gasteiger partial charge on any atom is -0.212 e. The van der Waals surface area contributed by atoms with E-state index in [1.165, 1.54) is 0 Å². The minimum absolute atomic E-state index is 0.110. The Morgan fingerprint density at radius 3 is 2.27 bits per heavy atom. The number of hydrogen-bond donors (Lipinski definition) is 0. The number of sulfonamides is 1. The molecule has 1 rings (SSSR count). The summed E-state index contributed by atoms with van der Waals surface area (Å²) >= 11 is 0. The topological polar surface area (TPSA) is 37.4 Å². The molecule has 0 radical (unpaired) electrons. The Balaban J connectivity index is 2.55. The standard InChI is InChI=1S/C11H23NO2S/c1-9(2)5-6-11-7-12(10(3)4)15(13,14)8-11/h9-11H,5-8H2,1-4H3. The maximum atomic E-state index is 11.8. The fraction of sp³-hybridized carbons (Fsp3) is 1.00. The van der Waals surface area contributed by atoms with Crippen LogP contribution in [0.4, 0.5) is 0 Å². The zero-order valence-electron chi connectivity index (χ0n) is 10.2. The number of nitrogens with zero attached hydrogens (tertiary/aromatic N) is 1. The first-order valence-electron chi connectivity index (χ1n) is 5.82. The van der Waals surface area contributed by atoms with Crippen molar-refractivity contribution in [3.63, 3.8) is 0 Å². The van der Waals surface area contributed by atoms with E-state index in [-0.39, 0.29) is 6.04 Å². The Morgan fingerprint density at radius 1 is 1.27 bits per heavy atom. The molecular weight excluding hydrogens is 210 g/mol. The van der Waals surface area contributed by atoms with E-state index < -0.39 is 10.0 Å². The van der Waals surface area contributed by atoms with Crippen LogP contribution in [0, 0.1) is 11.8 Å². The van der Waals surface area contributed by atoms with Crippen LogP contribution < -0.4 is 0 Å². The quantitative estimate of drug-likeness (QED) is 0.745. The van der Waals surface area contributed by atoms with Crippen LogP contribution in [0.15, 0.2) is 0 Å². The molecule has 1 aliphatic heterocycles. The molecule has 1 atom stereocenters. The van der Waals surface area contributed by atoms with E-state index in [9.17, 15) is 8.42 Å². The summed E-state index contributed by atoms with van der Waals surface area (Å²) in [5, 5.41) is 0. The predicted molar refractivity (Wildman–Crippen MR) is 63.2 cm³/mol. The summed E-state index contributed by atoms with van der Waals surface area (Å²) in [6, 6.07) is 0.110. The van der Waals surface area contributed by atoms with Crippen LogP contribution in [0.3, 0.4) is 0 Å². The molecule has 0 bridgehead atoms. The molecule has 90 valence electrons. The van der Waals surface area contributed by atoms with Crippen LogP contribution in [0.1, 0.15) is 40.5 Å². The van der Waals surface area contributed by atoms with Crippen molar-refractivity contribution in [3.05, 3.63) is 0 Å². The molecule has 0 aliphatic carbocycles. The molecule has 1 unspecified atom stereocenters. The molecule has 15 heavy (non-hydrogen) atoms. The van der Waals surface area contributed by atoms with Crippen molar-refractivity contribution in [2.24, 2.45) is 11.8 Å². The summed E-state index contributed by atoms with van der Waals surface area (Å²) < 4.78 is 25.2. The number of hydrogen-bond acceptors (Lipinski definition) is 2. The van der Waals surface area contributed by atoms with Gasteiger partial charge in [0, 0.05) is 12.6 Å². The Hall–Kier alpha value is -0.0900. The molecule has 0 aromatic rings. The molecule has 1 aliphatic rings. The molecule has 0 aromatic carbocycles. The Morgan fingerprint density at radius 2 is 1.87 bits per heavy atom. The lowest BCUT2D eigenvalue weighted by Crippen LogP contribution is -2.32. The zero-order valence-corrected chi connectivity index (χ0v) is 11.0. The van der Waals surface area contributed by atoms with E-state index in [2.05, 4.69) is 13.8 Å². The van der Waals surface area contributed by atoms with Crippen LogP contribution in [-0.4, -0.2) is 31.1 Å². The van der Waals surface area contributed by atoms with E-state index >= 15 is 0 Å². The lowest BCUT2D eigenvalue weighted by Gasteiger charge is -2.18. The lowest BCUT2D eigenvalue weighted by atomic mass is 9.99. The molecule has 0 spiro atoms. The molecule has 4 heteroatoms. The van der Waals surface area contributed by atoms with Crippen molar-refractivity contribution in [1.29, 1.82) is 0 Å². The first-order chi connectivity index (χ1) is 6.83. The third-order valence-corrected chi connectivity index (χ3v) is 5.15. The van der Waals surface area contributed by atoms with Gasteiger partial charge in [0.15, 0.2) is 0 Å². The highest BCUT2D eigenvalue weighted by atomic mass is 32.2. The van der Waals surface area contributed by atoms with Gasteiger partial charge in [-0.3, -0.25) is 0 Å². The average Bonchev–Trinajstić information content (AvgIpc) is 2.37. The first-order valence-corrected chi connectivity index (χ1v) is 7.43. The fourth-order valence-electron chi connectivity index (χ4n) is 2.09. The van der Waals surface area contributed by atoms with E-state index in [4.69, 9.17) is 0 Å². The highest BCUT2D eigenvalue weighted by Crippen LogP contribution is 2.26. The van der Waals surface area contributed by atoms with Crippen molar-refractivity contribution in [2.45, 2.75) is 46.6 Å². The van der Waals surface area contributed by atoms with Crippen molar-refractivity contribution in [3.8, 4) is 0 Å². The predicted octanol–water partition coefficient (Wildman–Crippen LogP) is 2.09. The summed E-state index contributed by atoms with van der Waals surface area (Å²) in [4.78, 5) is 0. The van der Waals surface area contributed by atoms with E-state index in [0.717, 1.165) is 19.4 Å². The molecule has 0 saturated carbocycles. The van der Waals surface area contributed by atoms with Gasteiger partial charge < -0.3 is 0 Å². The fourth-order valence-corrected chi connectivity index (χ4v) is 4.23. The number of rotatable bonds is 4. The molecular formula is C11H23NO2S. The van der Waals surface area contributed by atoms with Gasteiger partial charge in [0.2, 0.25) is 10.0 Å². The van der Waals surface area contributed by atoms with Crippen LogP contribution in [0.2, 0.25) is 0 Å². The smallest absolute Gasteiger partial charge is 0.212 e. The third kappa shape index (κ3) is 3.45. The minimum atomic E-state index is -2.95. The molecule has 0 aromatic heterocycles. The molecule has 1 saturated heterocycles. The van der Waals surface area contributed by atoms with Gasteiger partial charge in [-0.05, 0) is 32.1 Å². The largest absolute Gasteiger partial charge is 0.214 e. The SMILES string of the molecule is CC(C)CCC1CN(C(C)C)S(=O)(=O)C1. The van der Waals surface area contributed by atoms with Crippen molar-refractivity contribution in [1.82, 2.24) is 4.31 Å². The molecule has 1 heterocycles. The Labute approximate surface area is 93.9 Å². The van der Waals surface area contributed by atoms with Crippen LogP contribution in [-0.2, 0) is 10.0 Å². The van der Waals surface area contributed by atoms with Gasteiger partial charge in [0.25, 0.3) is 0 Å². The summed E-state index contributed by atoms with van der Waals surface area (Å²) in [6.07, 6.45) is 2.17. The average molecular weight is 233 g/mol. The van der Waals surface area contributed by atoms with Gasteiger partial charge in [-0.2, -0.15) is 4.31 Å². The van der Waals surface area contributed by atoms with Crippen molar-refractivity contribution >= 4 is 10.0 Å². The highest BCUT2D eigenvalue weighted by Gasteiger charge is 2.36. The summed E-state index contributed by atoms with van der Waals surface area (Å²) in [6.45, 7) is 8.99. The molecule has 1 fully saturated rings. The van der Waals surface area contributed by atoms with Gasteiger partial charge >= 0.3 is 0 Å². The summed E-state index contributed by atoms with van der Waals surface area (Å²) in [5.74, 6) is 1.37. The molecule has 3 nitrogen and oxygen atoms in total. The summed E-state index contributed by atoms with van der Waals surface area (Å²) in [7, 11) is -2.95. The Bertz CT molecular complexity index is 296. The molecule has 0 amide bonds. The van der Waals surface area contributed by atoms with Crippen LogP contribution in [0.25, 0.3) is 0 Å². The zero-order chi connectivity index (χ0) is 11.6. The van der Waals surface area contributed by atoms with Gasteiger partial charge in [-0.25, -0.2) is 8.42 Å². The van der Waals surface area contributed by atoms with Crippen LogP contribution in [0.5, 0.6) is 0 Å². The van der Waals surface area contributed by atoms with Crippen molar-refractivity contribution < 1.29 is 8.42 Å². The molecule has 0 N–H and O–H groups in total. The maximum Gasteiger partial charge on any atom is 0.214 e. The van der Waals surface area contributed by atoms with Crippen LogP contribution >= 0.6 is 0 Å². The first kappa shape index (κ1) is 13.0. The lowest BCUT2D eigenvalue weighted by molar-refractivity contribution is 0.332. The third-order valence-electron chi connectivity index (χ3n) is 2.97. The van der Waals surface area contributed by atoms with Gasteiger partial charge in [-0.15, -0.1) is 0 Å². The second-order valence-electron chi connectivity index (χ2n) is 5.28. The van der Waals surface area contributed by atoms with Gasteiger partial charge in [0.05, 0.1) is 5.75 Å². The Kier molecular flexibility index (Phi) is 4.18. The van der Waals surface area contributed by atoms with E-state index in [1.807, 2.05) is 13.8 Å². The van der Waals surface area contributed by atoms with Gasteiger partial charge in [0.1, 0.15) is 0 Å². The second-order valence-corrected chi connectivity index (χ2v) is 7.25. The maximum absolute atomic E-state index is 11.8. The van der Waals surface area contributed by atoms with E-state index in [1.54, 1.807) is 4.31 Å². The monoisotopic (exact) mass is 233 g/mol. The van der Waals surface area contributed by atoms with E-state index in [0.29, 0.717) is 17.6 Å². The summed E-state index contributed by atoms with van der Waals surface area (Å²) in [5.41, 5.74) is 0.